The van der Waals surface area contributed by atoms with E-state index in [4.69, 9.17) is 0 Å². The van der Waals surface area contributed by atoms with Gasteiger partial charge in [-0.05, 0) is 17.7 Å². The van der Waals surface area contributed by atoms with E-state index in [0.29, 0.717) is 23.1 Å². The molecule has 0 aliphatic carbocycles. The van der Waals surface area contributed by atoms with Crippen LogP contribution in [0.2, 0.25) is 0 Å². The molecule has 0 fully saturated rings. The highest BCUT2D eigenvalue weighted by Crippen LogP contribution is 2.26. The summed E-state index contributed by atoms with van der Waals surface area (Å²) in [6, 6.07) is 19.4. The van der Waals surface area contributed by atoms with Crippen LogP contribution in [0, 0.1) is 10.1 Å². The maximum absolute atomic E-state index is 12.6. The average Bonchev–Trinajstić information content (AvgIpc) is 3.21. The van der Waals surface area contributed by atoms with Crippen molar-refractivity contribution in [3.63, 3.8) is 0 Å². The van der Waals surface area contributed by atoms with Crippen molar-refractivity contribution in [1.82, 2.24) is 19.7 Å². The Labute approximate surface area is 182 Å². The lowest BCUT2D eigenvalue weighted by molar-refractivity contribution is -0.384. The van der Waals surface area contributed by atoms with E-state index in [0.717, 1.165) is 11.1 Å². The van der Waals surface area contributed by atoms with Crippen molar-refractivity contribution in [2.24, 2.45) is 0 Å². The van der Waals surface area contributed by atoms with Gasteiger partial charge in [0.25, 0.3) is 5.69 Å². The number of rotatable bonds is 8. The maximum Gasteiger partial charge on any atom is 0.270 e. The molecule has 2 aromatic heterocycles. The normalized spacial score (nSPS) is 10.7. The van der Waals surface area contributed by atoms with Crippen molar-refractivity contribution in [1.29, 1.82) is 0 Å². The Balaban J connectivity index is 1.59. The Hall–Kier alpha value is -3.85. The van der Waals surface area contributed by atoms with Crippen LogP contribution in [-0.4, -0.2) is 36.2 Å². The summed E-state index contributed by atoms with van der Waals surface area (Å²) < 4.78 is 1.95. The van der Waals surface area contributed by atoms with Crippen molar-refractivity contribution in [3.8, 4) is 11.4 Å². The Morgan fingerprint density at radius 2 is 1.77 bits per heavy atom. The standard InChI is InChI=1S/C22H17N5O3S/c28-20(18-7-4-8-19(13-18)27(29)30)15-31-22-25-24-21(17-9-11-23-12-10-17)26(22)14-16-5-2-1-3-6-16/h1-13H,14-15H2. The molecule has 9 heteroatoms. The minimum Gasteiger partial charge on any atom is -0.298 e. The third-order valence-corrected chi connectivity index (χ3v) is 5.52. The molecule has 0 unspecified atom stereocenters. The monoisotopic (exact) mass is 431 g/mol. The van der Waals surface area contributed by atoms with Gasteiger partial charge in [0.2, 0.25) is 0 Å². The van der Waals surface area contributed by atoms with E-state index in [1.54, 1.807) is 18.5 Å². The van der Waals surface area contributed by atoms with Gasteiger partial charge in [-0.3, -0.25) is 24.5 Å². The molecule has 31 heavy (non-hydrogen) atoms. The number of carbonyl (C=O) groups is 1. The molecule has 2 heterocycles. The van der Waals surface area contributed by atoms with Crippen LogP contribution in [0.25, 0.3) is 11.4 Å². The summed E-state index contributed by atoms with van der Waals surface area (Å²) in [7, 11) is 0. The van der Waals surface area contributed by atoms with E-state index >= 15 is 0 Å². The van der Waals surface area contributed by atoms with E-state index in [-0.39, 0.29) is 17.2 Å². The molecule has 0 amide bonds. The van der Waals surface area contributed by atoms with Crippen LogP contribution in [0.15, 0.2) is 84.3 Å². The van der Waals surface area contributed by atoms with E-state index in [1.165, 1.54) is 30.0 Å². The van der Waals surface area contributed by atoms with Crippen molar-refractivity contribution in [3.05, 3.63) is 100 Å². The van der Waals surface area contributed by atoms with Crippen LogP contribution in [-0.2, 0) is 6.54 Å². The molecule has 0 N–H and O–H groups in total. The molecular formula is C22H17N5O3S. The molecule has 0 aliphatic heterocycles. The number of pyridine rings is 1. The van der Waals surface area contributed by atoms with Gasteiger partial charge in [0.1, 0.15) is 0 Å². The summed E-state index contributed by atoms with van der Waals surface area (Å²) in [5.74, 6) is 0.551. The molecule has 0 radical (unpaired) electrons. The second-order valence-electron chi connectivity index (χ2n) is 6.63. The van der Waals surface area contributed by atoms with E-state index in [9.17, 15) is 14.9 Å². The molecule has 2 aromatic carbocycles. The highest BCUT2D eigenvalue weighted by molar-refractivity contribution is 7.99. The molecule has 0 atom stereocenters. The largest absolute Gasteiger partial charge is 0.298 e. The fourth-order valence-electron chi connectivity index (χ4n) is 3.02. The molecule has 0 aliphatic rings. The average molecular weight is 431 g/mol. The molecule has 4 rings (SSSR count). The minimum absolute atomic E-state index is 0.0877. The zero-order chi connectivity index (χ0) is 21.6. The zero-order valence-electron chi connectivity index (χ0n) is 16.3. The summed E-state index contributed by atoms with van der Waals surface area (Å²) in [5, 5.41) is 20.2. The van der Waals surface area contributed by atoms with Crippen molar-refractivity contribution >= 4 is 23.2 Å². The quantitative estimate of drug-likeness (QED) is 0.178. The van der Waals surface area contributed by atoms with Gasteiger partial charge in [-0.15, -0.1) is 10.2 Å². The van der Waals surface area contributed by atoms with E-state index < -0.39 is 4.92 Å². The first-order chi connectivity index (χ1) is 15.1. The second-order valence-corrected chi connectivity index (χ2v) is 7.58. The molecule has 0 spiro atoms. The van der Waals surface area contributed by atoms with Crippen LogP contribution < -0.4 is 0 Å². The first kappa shape index (κ1) is 20.4. The third kappa shape index (κ3) is 4.84. The summed E-state index contributed by atoms with van der Waals surface area (Å²) in [6.07, 6.45) is 3.38. The fourth-order valence-corrected chi connectivity index (χ4v) is 3.86. The molecule has 0 saturated carbocycles. The summed E-state index contributed by atoms with van der Waals surface area (Å²) in [4.78, 5) is 27.1. The molecule has 154 valence electrons. The molecule has 8 nitrogen and oxygen atoms in total. The predicted molar refractivity (Wildman–Crippen MR) is 117 cm³/mol. The maximum atomic E-state index is 12.6. The number of nitro groups is 1. The summed E-state index contributed by atoms with van der Waals surface area (Å²) in [6.45, 7) is 0.541. The number of hydrogen-bond donors (Lipinski definition) is 0. The van der Waals surface area contributed by atoms with E-state index in [2.05, 4.69) is 15.2 Å². The highest BCUT2D eigenvalue weighted by Gasteiger charge is 2.17. The number of nitrogens with zero attached hydrogens (tertiary/aromatic N) is 5. The minimum atomic E-state index is -0.512. The van der Waals surface area contributed by atoms with Gasteiger partial charge in [0.15, 0.2) is 16.8 Å². The number of nitro benzene ring substituents is 1. The van der Waals surface area contributed by atoms with Crippen LogP contribution in [0.4, 0.5) is 5.69 Å². The fraction of sp³-hybridized carbons (Fsp3) is 0.0909. The number of ketones is 1. The number of non-ortho nitro benzene ring substituents is 1. The lowest BCUT2D eigenvalue weighted by Crippen LogP contribution is -2.07. The van der Waals surface area contributed by atoms with Crippen molar-refractivity contribution in [2.75, 3.05) is 5.75 Å². The Kier molecular flexibility index (Phi) is 6.13. The number of carbonyl (C=O) groups excluding carboxylic acids is 1. The van der Waals surface area contributed by atoms with Gasteiger partial charge in [-0.2, -0.15) is 0 Å². The second kappa shape index (κ2) is 9.31. The Bertz CT molecular complexity index is 1210. The molecule has 0 saturated heterocycles. The van der Waals surface area contributed by atoms with E-state index in [1.807, 2.05) is 47.0 Å². The number of benzene rings is 2. The third-order valence-electron chi connectivity index (χ3n) is 4.55. The Morgan fingerprint density at radius 3 is 2.52 bits per heavy atom. The lowest BCUT2D eigenvalue weighted by atomic mass is 10.1. The molecule has 4 aromatic rings. The number of hydrogen-bond acceptors (Lipinski definition) is 7. The van der Waals surface area contributed by atoms with Gasteiger partial charge >= 0.3 is 0 Å². The predicted octanol–water partition coefficient (Wildman–Crippen LogP) is 4.27. The van der Waals surface area contributed by atoms with Gasteiger partial charge in [-0.1, -0.05) is 54.2 Å². The smallest absolute Gasteiger partial charge is 0.270 e. The topological polar surface area (TPSA) is 104 Å². The summed E-state index contributed by atoms with van der Waals surface area (Å²) >= 11 is 1.25. The van der Waals surface area contributed by atoms with Crippen LogP contribution in [0.3, 0.4) is 0 Å². The highest BCUT2D eigenvalue weighted by atomic mass is 32.2. The zero-order valence-corrected chi connectivity index (χ0v) is 17.1. The van der Waals surface area contributed by atoms with Crippen LogP contribution in [0.1, 0.15) is 15.9 Å². The van der Waals surface area contributed by atoms with Gasteiger partial charge in [0.05, 0.1) is 17.2 Å². The number of Topliss-reactive ketones (excluding diaryl/α,β-unsaturated/α-hetero) is 1. The summed E-state index contributed by atoms with van der Waals surface area (Å²) in [5.41, 5.74) is 2.13. The molecular weight excluding hydrogens is 414 g/mol. The van der Waals surface area contributed by atoms with Gasteiger partial charge < -0.3 is 0 Å². The Morgan fingerprint density at radius 1 is 1.00 bits per heavy atom. The van der Waals surface area contributed by atoms with Crippen molar-refractivity contribution in [2.45, 2.75) is 11.7 Å². The SMILES string of the molecule is O=C(CSc1nnc(-c2ccncc2)n1Cc1ccccc1)c1cccc([N+](=O)[O-])c1. The number of aromatic nitrogens is 4. The lowest BCUT2D eigenvalue weighted by Gasteiger charge is -2.10. The van der Waals surface area contributed by atoms with Gasteiger partial charge in [0, 0.05) is 35.7 Å². The van der Waals surface area contributed by atoms with Crippen LogP contribution >= 0.6 is 11.8 Å². The first-order valence-corrected chi connectivity index (χ1v) is 10.4. The first-order valence-electron chi connectivity index (χ1n) is 9.40. The van der Waals surface area contributed by atoms with Crippen LogP contribution in [0.5, 0.6) is 0 Å². The van der Waals surface area contributed by atoms with Crippen molar-refractivity contribution < 1.29 is 9.72 Å². The van der Waals surface area contributed by atoms with Gasteiger partial charge in [-0.25, -0.2) is 0 Å². The number of thioether (sulfide) groups is 1. The molecule has 0 bridgehead atoms.